The predicted octanol–water partition coefficient (Wildman–Crippen LogP) is -17.1. The summed E-state index contributed by atoms with van der Waals surface area (Å²) in [5, 5.41) is 160. The van der Waals surface area contributed by atoms with Crippen molar-refractivity contribution in [1.82, 2.24) is 44.1 Å². The molecule has 0 saturated carbocycles. The molecule has 4 N–H and O–H groups in total. The van der Waals surface area contributed by atoms with Crippen LogP contribution >= 0.6 is 0 Å². The van der Waals surface area contributed by atoms with Gasteiger partial charge in [-0.15, -0.1) is 0 Å². The van der Waals surface area contributed by atoms with E-state index in [0.717, 1.165) is 55.1 Å². The van der Waals surface area contributed by atoms with Gasteiger partial charge >= 0.3 is 200 Å². The summed E-state index contributed by atoms with van der Waals surface area (Å²) in [6.07, 6.45) is 43.8. The van der Waals surface area contributed by atoms with Crippen LogP contribution in [0.3, 0.4) is 0 Å². The Balaban J connectivity index is -0.000000166. The van der Waals surface area contributed by atoms with Crippen LogP contribution in [-0.4, -0.2) is 322 Å². The van der Waals surface area contributed by atoms with E-state index in [0.29, 0.717) is 12.8 Å². The van der Waals surface area contributed by atoms with Crippen LogP contribution in [0.1, 0.15) is 194 Å². The molecule has 723 valence electrons. The average molecular weight is 2510 g/mol. The van der Waals surface area contributed by atoms with E-state index in [4.69, 9.17) is 11.5 Å². The van der Waals surface area contributed by atoms with Gasteiger partial charge in [-0.05, 0) is 64.2 Å². The Morgan fingerprint density at radius 2 is 0.294 bits per heavy atom. The number of hydrogen-bond donors (Lipinski definition) is 2. The summed E-state index contributed by atoms with van der Waals surface area (Å²) < 4.78 is 0. The van der Waals surface area contributed by atoms with Gasteiger partial charge in [0.25, 0.3) is 0 Å². The zero-order chi connectivity index (χ0) is 92.7. The van der Waals surface area contributed by atoms with Crippen LogP contribution in [0.5, 0.6) is 0 Å². The number of carboxylic acid groups (broad SMARTS) is 15. The molecule has 0 bridgehead atoms. The molecule has 0 heterocycles. The van der Waals surface area contributed by atoms with Crippen molar-refractivity contribution in [2.45, 2.75) is 194 Å². The van der Waals surface area contributed by atoms with Crippen molar-refractivity contribution in [1.29, 1.82) is 0 Å². The minimum absolute atomic E-state index is 0. The predicted molar refractivity (Wildman–Crippen MR) is 400 cm³/mol. The molecule has 48 heteroatoms. The van der Waals surface area contributed by atoms with E-state index in [-0.39, 0.29) is 290 Å². The molecular weight excluding hydrogens is 2390 g/mol. The van der Waals surface area contributed by atoms with Gasteiger partial charge < -0.3 is 160 Å². The van der Waals surface area contributed by atoms with Crippen LogP contribution in [-0.2, 0) is 81.5 Å². The number of carbonyl (C=O) groups excluding carboxylic acids is 17. The van der Waals surface area contributed by atoms with Gasteiger partial charge in [-0.1, -0.05) is 141 Å². The molecule has 0 rings (SSSR count). The molecule has 0 aliphatic heterocycles. The zero-order valence-electron chi connectivity index (χ0n) is 71.7. The molecular formula is C78H124Gd5N11O32. The Hall–Kier alpha value is -3.27. The summed E-state index contributed by atoms with van der Waals surface area (Å²) in [4.78, 5) is 190. The van der Waals surface area contributed by atoms with Crippen LogP contribution < -0.4 is 88.1 Å². The van der Waals surface area contributed by atoms with Gasteiger partial charge in [0.05, 0.1) is 89.5 Å². The molecule has 0 aromatic rings. The van der Waals surface area contributed by atoms with Crippen molar-refractivity contribution in [3.63, 3.8) is 0 Å². The van der Waals surface area contributed by atoms with Crippen molar-refractivity contribution in [2.24, 2.45) is 11.5 Å². The normalized spacial score (nSPS) is 10.7. The Kier molecular flexibility index (Phi) is 113. The number of rotatable bonds is 78. The SMILES string of the molecule is CCCCCCCC/C=C\CCCCCCCC(N)=O.CCCCCCCC/C=C\CCCCCCCC(N)=O.O=C([O-])CN(CCN(CC(=O)[O-])CC(=O)[O-])CCN(CC(=O)[O-])CC(=O)[O-].O=C([O-])CN(CCN(CC(=O)[O-])CC(=O)[O-])CCN(CC(=O)[O-])CC(=O)[O-].O=C([O-])CN(CCN(CC(=O)[O-])CC(=O)[O-])CCN(CC(=O)[O-])CC(=O)[O-].[Gd+3].[Gd+3].[Gd+3].[Gd+3].[Gd+3]. The van der Waals surface area contributed by atoms with Gasteiger partial charge in [0, 0.05) is 190 Å². The molecule has 0 saturated heterocycles. The summed E-state index contributed by atoms with van der Waals surface area (Å²) in [6, 6.07) is 0. The molecule has 5 radical (unpaired) electrons. The first-order chi connectivity index (χ1) is 57.0. The quantitative estimate of drug-likeness (QED) is 0.0422. The fraction of sp³-hybridized carbons (Fsp3) is 0.731. The number of primary amides is 2. The average Bonchev–Trinajstić information content (AvgIpc) is 0.927. The van der Waals surface area contributed by atoms with E-state index in [2.05, 4.69) is 38.2 Å². The topological polar surface area (TPSA) is 717 Å². The van der Waals surface area contributed by atoms with E-state index in [9.17, 15) is 158 Å². The van der Waals surface area contributed by atoms with E-state index in [1.807, 2.05) is 0 Å². The van der Waals surface area contributed by atoms with Gasteiger partial charge in [0.2, 0.25) is 11.8 Å². The first-order valence-electron chi connectivity index (χ1n) is 40.4. The number of carboxylic acids is 15. The number of nitrogens with zero attached hydrogens (tertiary/aromatic N) is 9. The zero-order valence-corrected chi connectivity index (χ0v) is 83.1. The van der Waals surface area contributed by atoms with Gasteiger partial charge in [0.1, 0.15) is 0 Å². The van der Waals surface area contributed by atoms with Crippen molar-refractivity contribution in [3.05, 3.63) is 24.3 Å². The van der Waals surface area contributed by atoms with Crippen molar-refractivity contribution in [2.75, 3.05) is 177 Å². The van der Waals surface area contributed by atoms with E-state index < -0.39 is 188 Å². The van der Waals surface area contributed by atoms with Crippen LogP contribution in [0.2, 0.25) is 0 Å². The third-order valence-corrected chi connectivity index (χ3v) is 17.1. The first-order valence-corrected chi connectivity index (χ1v) is 40.4. The fourth-order valence-corrected chi connectivity index (χ4v) is 11.3. The molecule has 0 spiro atoms. The smallest absolute Gasteiger partial charge is 0.549 e. The molecule has 43 nitrogen and oxygen atoms in total. The standard InChI is InChI=1S/2C18H35NO.3C14H23N3O10.5Gd/c2*1-2-3-4-5-6-7-8-9-10-11-12-13-14-15-16-17-18(19)20;3*18-10(19)5-15(1-3-16(6-11(20)21)7-12(22)23)2-4-17(8-13(24)25)9-14(26)27;;;;;/h2*9-10H,2-8,11-17H2,1H3,(H2,19,20);3*1-9H2,(H,18,19)(H,20,21)(H,22,23)(H,24,25)(H,26,27);;;;;/q;;;;;5*+3/p-15/b2*10-9-;;;;;;;;. The summed E-state index contributed by atoms with van der Waals surface area (Å²) in [6.45, 7) is -7.95. The number of unbranched alkanes of at least 4 members (excludes halogenated alkanes) is 22. The second-order valence-corrected chi connectivity index (χ2v) is 28.3. The molecule has 0 aliphatic carbocycles. The van der Waals surface area contributed by atoms with Crippen molar-refractivity contribution < 1.29 is 358 Å². The number of hydrogen-bond acceptors (Lipinski definition) is 41. The Morgan fingerprint density at radius 1 is 0.183 bits per heavy atom. The third kappa shape index (κ3) is 119. The number of nitrogens with two attached hydrogens (primary N) is 2. The second-order valence-electron chi connectivity index (χ2n) is 28.3. The largest absolute Gasteiger partial charge is 3.00 e. The third-order valence-electron chi connectivity index (χ3n) is 17.1. The van der Waals surface area contributed by atoms with Crippen LogP contribution in [0, 0.1) is 200 Å². The van der Waals surface area contributed by atoms with Crippen molar-refractivity contribution >= 4 is 101 Å². The van der Waals surface area contributed by atoms with Crippen LogP contribution in [0.25, 0.3) is 0 Å². The molecule has 0 unspecified atom stereocenters. The van der Waals surface area contributed by atoms with Crippen molar-refractivity contribution in [3.8, 4) is 0 Å². The summed E-state index contributed by atoms with van der Waals surface area (Å²) in [5.41, 5.74) is 10.2. The van der Waals surface area contributed by atoms with E-state index in [1.165, 1.54) is 156 Å². The van der Waals surface area contributed by atoms with Crippen LogP contribution in [0.15, 0.2) is 24.3 Å². The van der Waals surface area contributed by atoms with E-state index in [1.54, 1.807) is 0 Å². The van der Waals surface area contributed by atoms with Crippen LogP contribution in [0.4, 0.5) is 0 Å². The number of amides is 2. The molecule has 0 fully saturated rings. The maximum atomic E-state index is 10.8. The number of carbonyl (C=O) groups is 17. The Morgan fingerprint density at radius 3 is 0.421 bits per heavy atom. The molecule has 0 aromatic carbocycles. The summed E-state index contributed by atoms with van der Waals surface area (Å²) in [7, 11) is 0. The molecule has 0 aromatic heterocycles. The van der Waals surface area contributed by atoms with Gasteiger partial charge in [0.15, 0.2) is 0 Å². The summed E-state index contributed by atoms with van der Waals surface area (Å²) in [5.74, 6) is -23.3. The van der Waals surface area contributed by atoms with E-state index >= 15 is 0 Å². The van der Waals surface area contributed by atoms with Gasteiger partial charge in [-0.2, -0.15) is 0 Å². The minimum atomic E-state index is -1.54. The maximum Gasteiger partial charge on any atom is 3.00 e. The number of allylic oxidation sites excluding steroid dienone is 4. The Bertz CT molecular complexity index is 2560. The fourth-order valence-electron chi connectivity index (χ4n) is 11.3. The monoisotopic (exact) mass is 2520 g/mol. The summed E-state index contributed by atoms with van der Waals surface area (Å²) >= 11 is 0. The molecule has 2 amide bonds. The maximum absolute atomic E-state index is 10.8. The molecule has 0 aliphatic rings. The number of aliphatic carboxylic acids is 15. The first kappa shape index (κ1) is 143. The Labute approximate surface area is 898 Å². The second kappa shape index (κ2) is 99.2. The minimum Gasteiger partial charge on any atom is -0.549 e. The van der Waals surface area contributed by atoms with Gasteiger partial charge in [-0.25, -0.2) is 0 Å². The molecule has 0 atom stereocenters. The molecule has 126 heavy (non-hydrogen) atoms. The van der Waals surface area contributed by atoms with Gasteiger partial charge in [-0.3, -0.25) is 53.7 Å².